The third-order valence-corrected chi connectivity index (χ3v) is 4.30. The molecule has 0 aliphatic carbocycles. The van der Waals surface area contributed by atoms with Crippen molar-refractivity contribution in [1.82, 2.24) is 20.2 Å². The average Bonchev–Trinajstić information content (AvgIpc) is 2.65. The number of halogens is 3. The maximum atomic E-state index is 12.0. The van der Waals surface area contributed by atoms with Gasteiger partial charge < -0.3 is 16.0 Å². The first kappa shape index (κ1) is 26.2. The third kappa shape index (κ3) is 8.06. The molecule has 1 fully saturated rings. The van der Waals surface area contributed by atoms with E-state index in [1.165, 1.54) is 0 Å². The van der Waals surface area contributed by atoms with Gasteiger partial charge >= 0.3 is 0 Å². The van der Waals surface area contributed by atoms with E-state index in [2.05, 4.69) is 25.1 Å². The molecule has 0 spiro atoms. The van der Waals surface area contributed by atoms with Crippen LogP contribution in [-0.2, 0) is 11.2 Å². The third-order valence-electron chi connectivity index (χ3n) is 4.30. The summed E-state index contributed by atoms with van der Waals surface area (Å²) in [5, 5.41) is 2.99. The lowest BCUT2D eigenvalue weighted by Gasteiger charge is -2.34. The number of nitrogens with zero attached hydrogens (tertiary/aromatic N) is 4. The largest absolute Gasteiger partial charge is 0.399 e. The van der Waals surface area contributed by atoms with E-state index in [4.69, 9.17) is 5.73 Å². The quantitative estimate of drug-likeness (QED) is 0.654. The van der Waals surface area contributed by atoms with Gasteiger partial charge in [-0.25, -0.2) is 9.97 Å². The molecule has 1 amide bonds. The van der Waals surface area contributed by atoms with Crippen LogP contribution < -0.4 is 16.0 Å². The molecule has 0 bridgehead atoms. The first-order valence-corrected chi connectivity index (χ1v) is 8.56. The Morgan fingerprint density at radius 3 is 2.21 bits per heavy atom. The van der Waals surface area contributed by atoms with Crippen LogP contribution >= 0.6 is 37.2 Å². The SMILES string of the molecule is Cl.Cl.Cl.Nc1ccc(CC(=O)NCCN2CCN(c3ncccn3)CC2)cc1. The van der Waals surface area contributed by atoms with Gasteiger partial charge in [0, 0.05) is 57.3 Å². The summed E-state index contributed by atoms with van der Waals surface area (Å²) < 4.78 is 0. The minimum absolute atomic E-state index is 0. The smallest absolute Gasteiger partial charge is 0.225 e. The van der Waals surface area contributed by atoms with Crippen molar-refractivity contribution in [2.24, 2.45) is 0 Å². The molecular formula is C18H27Cl3N6O. The number of hydrogen-bond acceptors (Lipinski definition) is 6. The molecule has 156 valence electrons. The Morgan fingerprint density at radius 2 is 1.61 bits per heavy atom. The van der Waals surface area contributed by atoms with Crippen LogP contribution in [0, 0.1) is 0 Å². The minimum atomic E-state index is 0. The zero-order valence-electron chi connectivity index (χ0n) is 15.5. The van der Waals surface area contributed by atoms with E-state index in [-0.39, 0.29) is 43.1 Å². The molecule has 2 aromatic rings. The molecule has 0 saturated carbocycles. The molecule has 3 N–H and O–H groups in total. The number of amides is 1. The van der Waals surface area contributed by atoms with Gasteiger partial charge in [0.05, 0.1) is 6.42 Å². The highest BCUT2D eigenvalue weighted by Gasteiger charge is 2.18. The van der Waals surface area contributed by atoms with Gasteiger partial charge in [0.1, 0.15) is 0 Å². The Bertz CT molecular complexity index is 681. The minimum Gasteiger partial charge on any atom is -0.399 e. The molecule has 2 heterocycles. The summed E-state index contributed by atoms with van der Waals surface area (Å²) in [4.78, 5) is 25.1. The normalized spacial score (nSPS) is 13.5. The number of benzene rings is 1. The van der Waals surface area contributed by atoms with E-state index in [1.807, 2.05) is 30.3 Å². The maximum absolute atomic E-state index is 12.0. The average molecular weight is 450 g/mol. The molecule has 1 aliphatic rings. The van der Waals surface area contributed by atoms with Crippen molar-refractivity contribution in [2.45, 2.75) is 6.42 Å². The number of nitrogen functional groups attached to an aromatic ring is 1. The lowest BCUT2D eigenvalue weighted by atomic mass is 10.1. The summed E-state index contributed by atoms with van der Waals surface area (Å²) in [5.41, 5.74) is 7.34. The lowest BCUT2D eigenvalue weighted by molar-refractivity contribution is -0.120. The highest BCUT2D eigenvalue weighted by atomic mass is 35.5. The second-order valence-electron chi connectivity index (χ2n) is 6.15. The number of carbonyl (C=O) groups is 1. The first-order valence-electron chi connectivity index (χ1n) is 8.56. The van der Waals surface area contributed by atoms with Gasteiger partial charge in [0.2, 0.25) is 11.9 Å². The van der Waals surface area contributed by atoms with Crippen molar-refractivity contribution in [3.63, 3.8) is 0 Å². The highest BCUT2D eigenvalue weighted by molar-refractivity contribution is 5.86. The van der Waals surface area contributed by atoms with E-state index >= 15 is 0 Å². The number of piperazine rings is 1. The summed E-state index contributed by atoms with van der Waals surface area (Å²) >= 11 is 0. The van der Waals surface area contributed by atoms with Crippen LogP contribution in [0.2, 0.25) is 0 Å². The van der Waals surface area contributed by atoms with Crippen LogP contribution in [0.5, 0.6) is 0 Å². The van der Waals surface area contributed by atoms with Gasteiger partial charge in [0.25, 0.3) is 0 Å². The van der Waals surface area contributed by atoms with Crippen LogP contribution in [0.3, 0.4) is 0 Å². The molecule has 0 radical (unpaired) electrons. The molecule has 10 heteroatoms. The van der Waals surface area contributed by atoms with Gasteiger partial charge in [-0.05, 0) is 23.8 Å². The zero-order valence-corrected chi connectivity index (χ0v) is 17.9. The topological polar surface area (TPSA) is 87.4 Å². The fraction of sp³-hybridized carbons (Fsp3) is 0.389. The number of nitrogens with two attached hydrogens (primary N) is 1. The van der Waals surface area contributed by atoms with Gasteiger partial charge in [-0.1, -0.05) is 12.1 Å². The molecule has 0 atom stereocenters. The van der Waals surface area contributed by atoms with Crippen LogP contribution in [-0.4, -0.2) is 60.0 Å². The van der Waals surface area contributed by atoms with E-state index in [9.17, 15) is 4.79 Å². The zero-order chi connectivity index (χ0) is 17.5. The number of aromatic nitrogens is 2. The molecule has 28 heavy (non-hydrogen) atoms. The molecule has 1 saturated heterocycles. The van der Waals surface area contributed by atoms with Crippen molar-refractivity contribution in [1.29, 1.82) is 0 Å². The highest BCUT2D eigenvalue weighted by Crippen LogP contribution is 2.09. The first-order chi connectivity index (χ1) is 12.2. The van der Waals surface area contributed by atoms with E-state index in [0.29, 0.717) is 18.7 Å². The summed E-state index contributed by atoms with van der Waals surface area (Å²) in [5.74, 6) is 0.833. The number of nitrogens with one attached hydrogen (secondary N) is 1. The van der Waals surface area contributed by atoms with E-state index in [1.54, 1.807) is 12.4 Å². The molecule has 1 aliphatic heterocycles. The number of hydrogen-bond donors (Lipinski definition) is 2. The molecule has 3 rings (SSSR count). The van der Waals surface area contributed by atoms with Crippen molar-refractivity contribution in [2.75, 3.05) is 49.9 Å². The Hall–Kier alpha value is -1.80. The maximum Gasteiger partial charge on any atom is 0.225 e. The molecule has 1 aromatic carbocycles. The molecular weight excluding hydrogens is 423 g/mol. The fourth-order valence-corrected chi connectivity index (χ4v) is 2.86. The van der Waals surface area contributed by atoms with Gasteiger partial charge in [-0.2, -0.15) is 0 Å². The van der Waals surface area contributed by atoms with Crippen LogP contribution in [0.4, 0.5) is 11.6 Å². The standard InChI is InChI=1S/C18H24N6O.3ClH/c19-16-4-2-15(3-5-16)14-17(25)20-8-9-23-10-12-24(13-11-23)18-21-6-1-7-22-18;;;/h1-7H,8-14,19H2,(H,20,25);3*1H. The van der Waals surface area contributed by atoms with Gasteiger partial charge in [0.15, 0.2) is 0 Å². The predicted molar refractivity (Wildman–Crippen MR) is 120 cm³/mol. The van der Waals surface area contributed by atoms with Crippen molar-refractivity contribution < 1.29 is 4.79 Å². The predicted octanol–water partition coefficient (Wildman–Crippen LogP) is 1.81. The summed E-state index contributed by atoms with van der Waals surface area (Å²) in [6.07, 6.45) is 3.93. The van der Waals surface area contributed by atoms with E-state index < -0.39 is 0 Å². The summed E-state index contributed by atoms with van der Waals surface area (Å²) in [6.45, 7) is 5.23. The number of carbonyl (C=O) groups excluding carboxylic acids is 1. The lowest BCUT2D eigenvalue weighted by Crippen LogP contribution is -2.49. The van der Waals surface area contributed by atoms with E-state index in [0.717, 1.165) is 44.2 Å². The second-order valence-corrected chi connectivity index (χ2v) is 6.15. The Kier molecular flexibility index (Phi) is 12.5. The van der Waals surface area contributed by atoms with Crippen molar-refractivity contribution in [3.8, 4) is 0 Å². The molecule has 0 unspecified atom stereocenters. The number of anilines is 2. The van der Waals surface area contributed by atoms with Crippen molar-refractivity contribution >= 4 is 54.8 Å². The van der Waals surface area contributed by atoms with Crippen LogP contribution in [0.1, 0.15) is 5.56 Å². The Balaban J connectivity index is 0.00000243. The van der Waals surface area contributed by atoms with Gasteiger partial charge in [-0.15, -0.1) is 37.2 Å². The van der Waals surface area contributed by atoms with Gasteiger partial charge in [-0.3, -0.25) is 9.69 Å². The van der Waals surface area contributed by atoms with Crippen molar-refractivity contribution in [3.05, 3.63) is 48.3 Å². The molecule has 7 nitrogen and oxygen atoms in total. The Labute approximate surface area is 184 Å². The number of rotatable bonds is 6. The second kappa shape index (κ2) is 13.4. The van der Waals surface area contributed by atoms with Crippen LogP contribution in [0.25, 0.3) is 0 Å². The van der Waals surface area contributed by atoms with Crippen LogP contribution in [0.15, 0.2) is 42.7 Å². The summed E-state index contributed by atoms with van der Waals surface area (Å²) in [6, 6.07) is 9.24. The monoisotopic (exact) mass is 448 g/mol. The fourth-order valence-electron chi connectivity index (χ4n) is 2.86. The molecule has 1 aromatic heterocycles. The summed E-state index contributed by atoms with van der Waals surface area (Å²) in [7, 11) is 0. The Morgan fingerprint density at radius 1 is 1.00 bits per heavy atom.